The minimum absolute atomic E-state index is 0.0281. The molecular weight excluding hydrogens is 224 g/mol. The minimum Gasteiger partial charge on any atom is -0.394 e. The fourth-order valence-corrected chi connectivity index (χ4v) is 1.33. The highest BCUT2D eigenvalue weighted by atomic mass is 16.6. The lowest BCUT2D eigenvalue weighted by molar-refractivity contribution is -0.385. The predicted octanol–water partition coefficient (Wildman–Crippen LogP) is 1.05. The van der Waals surface area contributed by atoms with Crippen LogP contribution in [0.4, 0.5) is 5.69 Å². The molecule has 1 amide bonds. The van der Waals surface area contributed by atoms with E-state index in [9.17, 15) is 14.9 Å². The lowest BCUT2D eigenvalue weighted by Crippen LogP contribution is -2.37. The van der Waals surface area contributed by atoms with Gasteiger partial charge in [-0.15, -0.1) is 0 Å². The Hall–Kier alpha value is -1.95. The summed E-state index contributed by atoms with van der Waals surface area (Å²) in [4.78, 5) is 23.4. The zero-order chi connectivity index (χ0) is 13.0. The fraction of sp³-hybridized carbons (Fsp3) is 0.364. The van der Waals surface area contributed by atoms with Crippen molar-refractivity contribution in [3.8, 4) is 0 Å². The van der Waals surface area contributed by atoms with Crippen LogP contribution in [0.5, 0.6) is 0 Å². The fourth-order valence-electron chi connectivity index (χ4n) is 1.33. The van der Waals surface area contributed by atoms with E-state index in [0.717, 1.165) is 0 Å². The van der Waals surface area contributed by atoms with Crippen molar-refractivity contribution in [1.29, 1.82) is 0 Å². The van der Waals surface area contributed by atoms with Crippen LogP contribution in [0.2, 0.25) is 0 Å². The number of nitrogens with zero attached hydrogens (tertiary/aromatic N) is 2. The Morgan fingerprint density at radius 1 is 1.53 bits per heavy atom. The molecule has 0 heterocycles. The van der Waals surface area contributed by atoms with E-state index in [1.165, 1.54) is 30.1 Å². The van der Waals surface area contributed by atoms with Crippen LogP contribution < -0.4 is 0 Å². The van der Waals surface area contributed by atoms with Gasteiger partial charge >= 0.3 is 0 Å². The molecule has 0 bridgehead atoms. The van der Waals surface area contributed by atoms with Crippen molar-refractivity contribution in [2.24, 2.45) is 0 Å². The van der Waals surface area contributed by atoms with Gasteiger partial charge in [0.05, 0.1) is 17.6 Å². The molecule has 17 heavy (non-hydrogen) atoms. The first-order valence-corrected chi connectivity index (χ1v) is 5.10. The highest BCUT2D eigenvalue weighted by Gasteiger charge is 2.24. The van der Waals surface area contributed by atoms with E-state index < -0.39 is 10.8 Å². The summed E-state index contributed by atoms with van der Waals surface area (Å²) in [7, 11) is 1.50. The molecule has 6 heteroatoms. The standard InChI is InChI=1S/C11H14N2O4/c1-8(7-14)12(2)11(15)9-5-3-4-6-10(9)13(16)17/h3-6,8,14H,7H2,1-2H3. The number of benzene rings is 1. The van der Waals surface area contributed by atoms with E-state index in [4.69, 9.17) is 5.11 Å². The van der Waals surface area contributed by atoms with Gasteiger partial charge in [0.25, 0.3) is 11.6 Å². The van der Waals surface area contributed by atoms with Gasteiger partial charge in [0, 0.05) is 13.1 Å². The monoisotopic (exact) mass is 238 g/mol. The zero-order valence-electron chi connectivity index (χ0n) is 9.66. The Kier molecular flexibility index (Phi) is 4.17. The molecule has 0 saturated heterocycles. The van der Waals surface area contributed by atoms with Crippen molar-refractivity contribution in [1.82, 2.24) is 4.90 Å². The smallest absolute Gasteiger partial charge is 0.282 e. The molecule has 1 unspecified atom stereocenters. The van der Waals surface area contributed by atoms with Gasteiger partial charge in [0.1, 0.15) is 5.56 Å². The first kappa shape index (κ1) is 13.1. The maximum Gasteiger partial charge on any atom is 0.282 e. The van der Waals surface area contributed by atoms with Gasteiger partial charge < -0.3 is 10.0 Å². The number of nitro benzene ring substituents is 1. The predicted molar refractivity (Wildman–Crippen MR) is 61.7 cm³/mol. The van der Waals surface area contributed by atoms with Gasteiger partial charge in [0.15, 0.2) is 0 Å². The van der Waals surface area contributed by atoms with E-state index >= 15 is 0 Å². The van der Waals surface area contributed by atoms with Crippen LogP contribution in [0, 0.1) is 10.1 Å². The quantitative estimate of drug-likeness (QED) is 0.627. The second-order valence-corrected chi connectivity index (χ2v) is 3.72. The van der Waals surface area contributed by atoms with Gasteiger partial charge in [-0.3, -0.25) is 14.9 Å². The number of nitro groups is 1. The Morgan fingerprint density at radius 2 is 2.12 bits per heavy atom. The number of rotatable bonds is 4. The van der Waals surface area contributed by atoms with Crippen LogP contribution >= 0.6 is 0 Å². The molecule has 0 aliphatic carbocycles. The first-order valence-electron chi connectivity index (χ1n) is 5.10. The summed E-state index contributed by atoms with van der Waals surface area (Å²) >= 11 is 0. The minimum atomic E-state index is -0.593. The number of carbonyl (C=O) groups excluding carboxylic acids is 1. The molecule has 0 radical (unpaired) electrons. The van der Waals surface area contributed by atoms with E-state index in [-0.39, 0.29) is 23.9 Å². The van der Waals surface area contributed by atoms with Crippen molar-refractivity contribution < 1.29 is 14.8 Å². The van der Waals surface area contributed by atoms with Gasteiger partial charge in [0.2, 0.25) is 0 Å². The van der Waals surface area contributed by atoms with Gasteiger partial charge in [-0.1, -0.05) is 12.1 Å². The van der Waals surface area contributed by atoms with Crippen molar-refractivity contribution in [2.75, 3.05) is 13.7 Å². The zero-order valence-corrected chi connectivity index (χ0v) is 9.66. The molecule has 1 rings (SSSR count). The molecule has 1 aromatic carbocycles. The van der Waals surface area contributed by atoms with Crippen LogP contribution in [0.1, 0.15) is 17.3 Å². The summed E-state index contributed by atoms with van der Waals surface area (Å²) in [6.07, 6.45) is 0. The first-order chi connectivity index (χ1) is 7.99. The van der Waals surface area contributed by atoms with Crippen LogP contribution in [-0.4, -0.2) is 40.5 Å². The molecule has 1 atom stereocenters. The third kappa shape index (κ3) is 2.79. The van der Waals surface area contributed by atoms with Crippen molar-refractivity contribution in [3.05, 3.63) is 39.9 Å². The average molecular weight is 238 g/mol. The van der Waals surface area contributed by atoms with E-state index in [1.54, 1.807) is 13.0 Å². The molecular formula is C11H14N2O4. The number of hydrogen-bond acceptors (Lipinski definition) is 4. The van der Waals surface area contributed by atoms with Crippen molar-refractivity contribution >= 4 is 11.6 Å². The molecule has 6 nitrogen and oxygen atoms in total. The Morgan fingerprint density at radius 3 is 2.65 bits per heavy atom. The third-order valence-electron chi connectivity index (χ3n) is 2.58. The second-order valence-electron chi connectivity index (χ2n) is 3.72. The Labute approximate surface area is 98.6 Å². The van der Waals surface area contributed by atoms with Crippen LogP contribution in [0.15, 0.2) is 24.3 Å². The molecule has 0 aliphatic heterocycles. The molecule has 0 aliphatic rings. The summed E-state index contributed by atoms with van der Waals surface area (Å²) < 4.78 is 0. The molecule has 0 aromatic heterocycles. The number of carbonyl (C=O) groups is 1. The summed E-state index contributed by atoms with van der Waals surface area (Å²) in [5.74, 6) is -0.473. The number of aliphatic hydroxyl groups excluding tert-OH is 1. The maximum atomic E-state index is 12.0. The van der Waals surface area contributed by atoms with Crippen LogP contribution in [0.25, 0.3) is 0 Å². The number of para-hydroxylation sites is 1. The molecule has 1 N–H and O–H groups in total. The van der Waals surface area contributed by atoms with Gasteiger partial charge in [-0.05, 0) is 13.0 Å². The Bertz CT molecular complexity index is 433. The molecule has 0 saturated carbocycles. The van der Waals surface area contributed by atoms with Crippen molar-refractivity contribution in [2.45, 2.75) is 13.0 Å². The van der Waals surface area contributed by atoms with E-state index in [0.29, 0.717) is 0 Å². The molecule has 92 valence electrons. The van der Waals surface area contributed by atoms with E-state index in [2.05, 4.69) is 0 Å². The van der Waals surface area contributed by atoms with Gasteiger partial charge in [-0.2, -0.15) is 0 Å². The SMILES string of the molecule is CC(CO)N(C)C(=O)c1ccccc1[N+](=O)[O-]. The Balaban J connectivity index is 3.08. The van der Waals surface area contributed by atoms with Gasteiger partial charge in [-0.25, -0.2) is 0 Å². The number of amides is 1. The third-order valence-corrected chi connectivity index (χ3v) is 2.58. The second kappa shape index (κ2) is 5.40. The lowest BCUT2D eigenvalue weighted by Gasteiger charge is -2.22. The molecule has 0 fully saturated rings. The topological polar surface area (TPSA) is 83.7 Å². The summed E-state index contributed by atoms with van der Waals surface area (Å²) in [6.45, 7) is 1.47. The largest absolute Gasteiger partial charge is 0.394 e. The molecule has 0 spiro atoms. The van der Waals surface area contributed by atoms with E-state index in [1.807, 2.05) is 0 Å². The highest BCUT2D eigenvalue weighted by molar-refractivity contribution is 5.98. The average Bonchev–Trinajstić information content (AvgIpc) is 2.35. The molecule has 1 aromatic rings. The van der Waals surface area contributed by atoms with Crippen LogP contribution in [-0.2, 0) is 0 Å². The normalized spacial score (nSPS) is 11.9. The van der Waals surface area contributed by atoms with Crippen molar-refractivity contribution in [3.63, 3.8) is 0 Å². The summed E-state index contributed by atoms with van der Waals surface area (Å²) in [6, 6.07) is 5.37. The summed E-state index contributed by atoms with van der Waals surface area (Å²) in [5.41, 5.74) is -0.199. The maximum absolute atomic E-state index is 12.0. The number of aliphatic hydroxyl groups is 1. The highest BCUT2D eigenvalue weighted by Crippen LogP contribution is 2.19. The lowest BCUT2D eigenvalue weighted by atomic mass is 10.1. The van der Waals surface area contributed by atoms with Crippen LogP contribution in [0.3, 0.4) is 0 Å². The number of likely N-dealkylation sites (N-methyl/N-ethyl adjacent to an activating group) is 1. The summed E-state index contributed by atoms with van der Waals surface area (Å²) in [5, 5.41) is 19.7. The number of hydrogen-bond donors (Lipinski definition) is 1.